The van der Waals surface area contributed by atoms with Gasteiger partial charge in [0.15, 0.2) is 0 Å². The van der Waals surface area contributed by atoms with Crippen LogP contribution >= 0.6 is 34.8 Å². The summed E-state index contributed by atoms with van der Waals surface area (Å²) in [5, 5.41) is 5.05. The van der Waals surface area contributed by atoms with E-state index in [1.54, 1.807) is 6.07 Å². The molecule has 0 fully saturated rings. The summed E-state index contributed by atoms with van der Waals surface area (Å²) in [4.78, 5) is 0. The number of rotatable bonds is 6. The number of anilines is 1. The van der Waals surface area contributed by atoms with Crippen molar-refractivity contribution in [3.63, 3.8) is 0 Å². The van der Waals surface area contributed by atoms with E-state index in [2.05, 4.69) is 12.2 Å². The van der Waals surface area contributed by atoms with Gasteiger partial charge in [-0.25, -0.2) is 0 Å². The van der Waals surface area contributed by atoms with Gasteiger partial charge >= 0.3 is 0 Å². The molecule has 0 radical (unpaired) electrons. The third-order valence-corrected chi connectivity index (χ3v) is 4.00. The minimum absolute atomic E-state index is 0.544. The Balaban J connectivity index is 2.15. The molecule has 1 N–H and O–H groups in total. The van der Waals surface area contributed by atoms with Gasteiger partial charge in [-0.1, -0.05) is 53.9 Å². The monoisotopic (exact) mass is 343 g/mol. The first-order chi connectivity index (χ1) is 10.1. The highest BCUT2D eigenvalue weighted by molar-refractivity contribution is 6.42. The molecule has 2 aromatic carbocycles. The summed E-state index contributed by atoms with van der Waals surface area (Å²) in [7, 11) is 0. The zero-order valence-electron chi connectivity index (χ0n) is 11.6. The third-order valence-electron chi connectivity index (χ3n) is 2.90. The Morgan fingerprint density at radius 3 is 2.67 bits per heavy atom. The van der Waals surface area contributed by atoms with Crippen molar-refractivity contribution in [3.8, 4) is 5.75 Å². The summed E-state index contributed by atoms with van der Waals surface area (Å²) in [5.41, 5.74) is 1.76. The van der Waals surface area contributed by atoms with E-state index in [0.29, 0.717) is 28.2 Å². The van der Waals surface area contributed by atoms with Crippen molar-refractivity contribution in [3.05, 3.63) is 57.0 Å². The molecule has 0 aromatic heterocycles. The van der Waals surface area contributed by atoms with Crippen LogP contribution in [0.1, 0.15) is 18.9 Å². The Labute approximate surface area is 140 Å². The van der Waals surface area contributed by atoms with Gasteiger partial charge in [-0.2, -0.15) is 0 Å². The Bertz CT molecular complexity index is 616. The molecular formula is C16H16Cl3NO. The predicted octanol–water partition coefficient (Wildman–Crippen LogP) is 6.05. The van der Waals surface area contributed by atoms with Gasteiger partial charge in [0.25, 0.3) is 0 Å². The Hall–Kier alpha value is -1.09. The smallest absolute Gasteiger partial charge is 0.142 e. The molecule has 0 bridgehead atoms. The molecule has 0 aliphatic heterocycles. The number of halogens is 3. The van der Waals surface area contributed by atoms with Crippen LogP contribution in [0.25, 0.3) is 0 Å². The molecule has 0 aliphatic carbocycles. The van der Waals surface area contributed by atoms with Crippen molar-refractivity contribution in [2.45, 2.75) is 19.9 Å². The van der Waals surface area contributed by atoms with E-state index in [9.17, 15) is 0 Å². The van der Waals surface area contributed by atoms with Gasteiger partial charge in [-0.3, -0.25) is 0 Å². The molecule has 0 saturated carbocycles. The lowest BCUT2D eigenvalue weighted by Crippen LogP contribution is -2.04. The summed E-state index contributed by atoms with van der Waals surface area (Å²) in [6.07, 6.45) is 0.947. The molecular weight excluding hydrogens is 329 g/mol. The average Bonchev–Trinajstić information content (AvgIpc) is 2.48. The predicted molar refractivity (Wildman–Crippen MR) is 91.0 cm³/mol. The zero-order chi connectivity index (χ0) is 15.2. The fraction of sp³-hybridized carbons (Fsp3) is 0.250. The van der Waals surface area contributed by atoms with Crippen molar-refractivity contribution in [1.82, 2.24) is 0 Å². The Morgan fingerprint density at radius 2 is 1.90 bits per heavy atom. The second kappa shape index (κ2) is 7.79. The van der Waals surface area contributed by atoms with Gasteiger partial charge in [0.05, 0.1) is 22.3 Å². The van der Waals surface area contributed by atoms with Crippen LogP contribution in [0.2, 0.25) is 15.1 Å². The SMILES string of the molecule is CCCOc1ccc(Cl)cc1NCc1cccc(Cl)c1Cl. The van der Waals surface area contributed by atoms with E-state index in [4.69, 9.17) is 39.5 Å². The molecule has 2 nitrogen and oxygen atoms in total. The number of hydrogen-bond acceptors (Lipinski definition) is 2. The first-order valence-corrected chi connectivity index (χ1v) is 7.84. The van der Waals surface area contributed by atoms with Crippen molar-refractivity contribution in [1.29, 1.82) is 0 Å². The van der Waals surface area contributed by atoms with Gasteiger partial charge in [0.2, 0.25) is 0 Å². The fourth-order valence-corrected chi connectivity index (χ4v) is 2.41. The van der Waals surface area contributed by atoms with Crippen LogP contribution in [0, 0.1) is 0 Å². The summed E-state index contributed by atoms with van der Waals surface area (Å²) in [5.74, 6) is 0.777. The topological polar surface area (TPSA) is 21.3 Å². The van der Waals surface area contributed by atoms with Gasteiger partial charge in [-0.15, -0.1) is 0 Å². The Morgan fingerprint density at radius 1 is 1.10 bits per heavy atom. The lowest BCUT2D eigenvalue weighted by Gasteiger charge is -2.14. The third kappa shape index (κ3) is 4.44. The molecule has 21 heavy (non-hydrogen) atoms. The molecule has 5 heteroatoms. The molecule has 0 amide bonds. The highest BCUT2D eigenvalue weighted by atomic mass is 35.5. The standard InChI is InChI=1S/C16H16Cl3NO/c1-2-8-21-15-7-6-12(17)9-14(15)20-10-11-4-3-5-13(18)16(11)19/h3-7,9,20H,2,8,10H2,1H3. The molecule has 0 atom stereocenters. The lowest BCUT2D eigenvalue weighted by molar-refractivity contribution is 0.319. The van der Waals surface area contributed by atoms with E-state index >= 15 is 0 Å². The molecule has 112 valence electrons. The maximum Gasteiger partial charge on any atom is 0.142 e. The summed E-state index contributed by atoms with van der Waals surface area (Å²) < 4.78 is 5.70. The van der Waals surface area contributed by atoms with E-state index in [0.717, 1.165) is 23.4 Å². The molecule has 0 saturated heterocycles. The minimum Gasteiger partial charge on any atom is -0.491 e. The molecule has 0 heterocycles. The molecule has 0 unspecified atom stereocenters. The van der Waals surface area contributed by atoms with Gasteiger partial charge in [0, 0.05) is 11.6 Å². The summed E-state index contributed by atoms with van der Waals surface area (Å²) in [6.45, 7) is 3.27. The molecule has 2 rings (SSSR count). The van der Waals surface area contributed by atoms with Crippen molar-refractivity contribution in [2.75, 3.05) is 11.9 Å². The molecule has 0 aliphatic rings. The van der Waals surface area contributed by atoms with E-state index in [1.807, 2.05) is 30.3 Å². The maximum atomic E-state index is 6.18. The summed E-state index contributed by atoms with van der Waals surface area (Å²) in [6, 6.07) is 11.1. The van der Waals surface area contributed by atoms with E-state index < -0.39 is 0 Å². The van der Waals surface area contributed by atoms with Gasteiger partial charge in [-0.05, 0) is 36.2 Å². The quantitative estimate of drug-likeness (QED) is 0.689. The normalized spacial score (nSPS) is 10.5. The first kappa shape index (κ1) is 16.3. The van der Waals surface area contributed by atoms with E-state index in [1.165, 1.54) is 0 Å². The summed E-state index contributed by atoms with van der Waals surface area (Å²) >= 11 is 18.2. The average molecular weight is 345 g/mol. The zero-order valence-corrected chi connectivity index (χ0v) is 13.9. The maximum absolute atomic E-state index is 6.18. The van der Waals surface area contributed by atoms with Crippen LogP contribution in [-0.4, -0.2) is 6.61 Å². The van der Waals surface area contributed by atoms with Crippen LogP contribution in [0.5, 0.6) is 5.75 Å². The molecule has 2 aromatic rings. The van der Waals surface area contributed by atoms with Crippen molar-refractivity contribution in [2.24, 2.45) is 0 Å². The number of benzene rings is 2. The van der Waals surface area contributed by atoms with Crippen molar-refractivity contribution >= 4 is 40.5 Å². The lowest BCUT2D eigenvalue weighted by atomic mass is 10.2. The second-order valence-electron chi connectivity index (χ2n) is 4.56. The second-order valence-corrected chi connectivity index (χ2v) is 5.78. The van der Waals surface area contributed by atoms with Gasteiger partial charge < -0.3 is 10.1 Å². The molecule has 0 spiro atoms. The highest BCUT2D eigenvalue weighted by Crippen LogP contribution is 2.30. The van der Waals surface area contributed by atoms with Crippen LogP contribution in [0.3, 0.4) is 0 Å². The largest absolute Gasteiger partial charge is 0.491 e. The number of nitrogens with one attached hydrogen (secondary N) is 1. The fourth-order valence-electron chi connectivity index (χ4n) is 1.85. The van der Waals surface area contributed by atoms with E-state index in [-0.39, 0.29) is 0 Å². The van der Waals surface area contributed by atoms with Crippen LogP contribution in [0.15, 0.2) is 36.4 Å². The highest BCUT2D eigenvalue weighted by Gasteiger charge is 2.07. The van der Waals surface area contributed by atoms with Gasteiger partial charge in [0.1, 0.15) is 5.75 Å². The van der Waals surface area contributed by atoms with Crippen LogP contribution < -0.4 is 10.1 Å². The van der Waals surface area contributed by atoms with Crippen molar-refractivity contribution < 1.29 is 4.74 Å². The number of ether oxygens (including phenoxy) is 1. The van der Waals surface area contributed by atoms with Crippen LogP contribution in [-0.2, 0) is 6.54 Å². The van der Waals surface area contributed by atoms with Crippen LogP contribution in [0.4, 0.5) is 5.69 Å². The Kier molecular flexibility index (Phi) is 6.04. The number of hydrogen-bond donors (Lipinski definition) is 1. The minimum atomic E-state index is 0.544. The first-order valence-electron chi connectivity index (χ1n) is 6.71.